The molecule has 0 N–H and O–H groups in total. The minimum atomic E-state index is -0.128. The third kappa shape index (κ3) is 2.56. The van der Waals surface area contributed by atoms with Gasteiger partial charge in [-0.3, -0.25) is 0 Å². The minimum Gasteiger partial charge on any atom is -0.453 e. The molecule has 2 nitrogen and oxygen atoms in total. The van der Waals surface area contributed by atoms with Gasteiger partial charge in [0.05, 0.1) is 16.7 Å². The van der Waals surface area contributed by atoms with Crippen LogP contribution in [0.3, 0.4) is 0 Å². The summed E-state index contributed by atoms with van der Waals surface area (Å²) in [7, 11) is 0. The summed E-state index contributed by atoms with van der Waals surface area (Å²) in [6.07, 6.45) is 0. The number of para-hydroxylation sites is 1. The quantitative estimate of drug-likeness (QED) is 0.205. The lowest BCUT2D eigenvalue weighted by Crippen LogP contribution is -2.14. The van der Waals surface area contributed by atoms with Crippen molar-refractivity contribution < 1.29 is 4.42 Å². The van der Waals surface area contributed by atoms with Gasteiger partial charge in [-0.2, -0.15) is 0 Å². The molecule has 2 heteroatoms. The van der Waals surface area contributed by atoms with Gasteiger partial charge in [0, 0.05) is 38.1 Å². The Kier molecular flexibility index (Phi) is 3.89. The second kappa shape index (κ2) is 7.18. The zero-order valence-corrected chi connectivity index (χ0v) is 21.8. The van der Waals surface area contributed by atoms with Crippen molar-refractivity contribution in [3.8, 4) is 17.0 Å². The van der Waals surface area contributed by atoms with Crippen molar-refractivity contribution in [2.75, 3.05) is 0 Å². The topological polar surface area (TPSA) is 18.1 Å². The SMILES string of the molecule is CC1(C)c2ccccc2-c2oc3c(ccc4c5ccccc5n(-c5cc6ccccc6c6ccccc56)c43)c21. The Morgan fingerprint density at radius 2 is 1.26 bits per heavy atom. The predicted molar refractivity (Wildman–Crippen MR) is 163 cm³/mol. The summed E-state index contributed by atoms with van der Waals surface area (Å²) in [5.74, 6) is 1.01. The second-order valence-electron chi connectivity index (χ2n) is 11.3. The monoisotopic (exact) mass is 499 g/mol. The normalized spacial score (nSPS) is 14.1. The molecule has 0 atom stereocenters. The van der Waals surface area contributed by atoms with Crippen LogP contribution in [0.5, 0.6) is 0 Å². The fourth-order valence-corrected chi connectivity index (χ4v) is 7.24. The van der Waals surface area contributed by atoms with Crippen LogP contribution in [-0.2, 0) is 5.41 Å². The van der Waals surface area contributed by atoms with Crippen LogP contribution in [0.2, 0.25) is 0 Å². The standard InChI is InChI=1S/C37H25NO/c1-37(2)30-17-9-7-16-28(30)35-33(37)29-20-19-27-26-15-8-10-18-31(26)38(34(27)36(29)39-35)32-21-22-11-3-4-12-23(22)24-13-5-6-14-25(24)32/h3-21H,1-2H3. The van der Waals surface area contributed by atoms with E-state index in [0.29, 0.717) is 0 Å². The average Bonchev–Trinajstić information content (AvgIpc) is 3.60. The highest BCUT2D eigenvalue weighted by Crippen LogP contribution is 2.54. The summed E-state index contributed by atoms with van der Waals surface area (Å²) in [6.45, 7) is 4.65. The number of aromatic nitrogens is 1. The maximum Gasteiger partial charge on any atom is 0.159 e. The highest BCUT2D eigenvalue weighted by Gasteiger charge is 2.40. The van der Waals surface area contributed by atoms with E-state index in [2.05, 4.69) is 134 Å². The molecule has 0 aliphatic heterocycles. The first-order chi connectivity index (χ1) is 19.1. The Morgan fingerprint density at radius 1 is 0.590 bits per heavy atom. The average molecular weight is 500 g/mol. The number of benzene rings is 6. The van der Waals surface area contributed by atoms with Crippen molar-refractivity contribution in [2.45, 2.75) is 19.3 Å². The minimum absolute atomic E-state index is 0.128. The molecule has 2 heterocycles. The van der Waals surface area contributed by atoms with E-state index < -0.39 is 0 Å². The van der Waals surface area contributed by atoms with Crippen molar-refractivity contribution in [2.24, 2.45) is 0 Å². The summed E-state index contributed by atoms with van der Waals surface area (Å²) < 4.78 is 9.40. The third-order valence-electron chi connectivity index (χ3n) is 8.95. The van der Waals surface area contributed by atoms with Crippen molar-refractivity contribution in [3.05, 3.63) is 126 Å². The van der Waals surface area contributed by atoms with Gasteiger partial charge in [-0.1, -0.05) is 117 Å². The molecule has 0 fully saturated rings. The molecule has 1 aliphatic rings. The van der Waals surface area contributed by atoms with Crippen molar-refractivity contribution >= 4 is 54.3 Å². The summed E-state index contributed by atoms with van der Waals surface area (Å²) in [6, 6.07) is 41.8. The van der Waals surface area contributed by atoms with Crippen LogP contribution in [0.4, 0.5) is 0 Å². The molecule has 184 valence electrons. The Morgan fingerprint density at radius 3 is 2.13 bits per heavy atom. The van der Waals surface area contributed by atoms with E-state index in [1.807, 2.05) is 0 Å². The number of fused-ring (bicyclic) bond motifs is 12. The number of rotatable bonds is 1. The molecule has 2 aromatic heterocycles. The maximum absolute atomic E-state index is 6.96. The highest BCUT2D eigenvalue weighted by molar-refractivity contribution is 6.20. The van der Waals surface area contributed by atoms with Crippen LogP contribution >= 0.6 is 0 Å². The first-order valence-corrected chi connectivity index (χ1v) is 13.6. The van der Waals surface area contributed by atoms with Crippen LogP contribution < -0.4 is 0 Å². The van der Waals surface area contributed by atoms with Gasteiger partial charge < -0.3 is 8.98 Å². The van der Waals surface area contributed by atoms with E-state index in [4.69, 9.17) is 4.42 Å². The van der Waals surface area contributed by atoms with Crippen molar-refractivity contribution in [1.82, 2.24) is 4.57 Å². The van der Waals surface area contributed by atoms with E-state index in [-0.39, 0.29) is 5.41 Å². The number of hydrogen-bond donors (Lipinski definition) is 0. The Balaban J connectivity index is 1.50. The van der Waals surface area contributed by atoms with E-state index in [1.54, 1.807) is 0 Å². The Bertz CT molecular complexity index is 2310. The molecule has 0 unspecified atom stereocenters. The molecule has 8 aromatic rings. The first kappa shape index (κ1) is 21.2. The zero-order valence-electron chi connectivity index (χ0n) is 21.8. The molecular formula is C37H25NO. The molecule has 0 saturated carbocycles. The largest absolute Gasteiger partial charge is 0.453 e. The maximum atomic E-state index is 6.96. The van der Waals surface area contributed by atoms with Crippen LogP contribution in [0.25, 0.3) is 71.3 Å². The lowest BCUT2D eigenvalue weighted by molar-refractivity contribution is 0.621. The molecule has 1 aliphatic carbocycles. The molecule has 0 amide bonds. The molecule has 0 spiro atoms. The van der Waals surface area contributed by atoms with Crippen molar-refractivity contribution in [1.29, 1.82) is 0 Å². The molecular weight excluding hydrogens is 474 g/mol. The van der Waals surface area contributed by atoms with Gasteiger partial charge in [-0.15, -0.1) is 0 Å². The van der Waals surface area contributed by atoms with Crippen LogP contribution in [-0.4, -0.2) is 4.57 Å². The summed E-state index contributed by atoms with van der Waals surface area (Å²) in [5.41, 5.74) is 8.18. The fourth-order valence-electron chi connectivity index (χ4n) is 7.24. The molecule has 6 aromatic carbocycles. The van der Waals surface area contributed by atoms with Gasteiger partial charge in [0.1, 0.15) is 5.76 Å². The number of nitrogens with zero attached hydrogens (tertiary/aromatic N) is 1. The molecule has 0 radical (unpaired) electrons. The molecule has 0 bridgehead atoms. The van der Waals surface area contributed by atoms with Crippen LogP contribution in [0.15, 0.2) is 120 Å². The second-order valence-corrected chi connectivity index (χ2v) is 11.3. The van der Waals surface area contributed by atoms with Gasteiger partial charge in [0.2, 0.25) is 0 Å². The van der Waals surface area contributed by atoms with Crippen molar-refractivity contribution in [3.63, 3.8) is 0 Å². The van der Waals surface area contributed by atoms with E-state index in [1.165, 1.54) is 65.6 Å². The Labute approximate surface area is 225 Å². The number of furan rings is 1. The van der Waals surface area contributed by atoms with Gasteiger partial charge in [-0.25, -0.2) is 0 Å². The zero-order chi connectivity index (χ0) is 25.9. The van der Waals surface area contributed by atoms with Gasteiger partial charge in [0.15, 0.2) is 5.58 Å². The van der Waals surface area contributed by atoms with E-state index in [9.17, 15) is 0 Å². The van der Waals surface area contributed by atoms with Gasteiger partial charge in [0.25, 0.3) is 0 Å². The highest BCUT2D eigenvalue weighted by atomic mass is 16.3. The fraction of sp³-hybridized carbons (Fsp3) is 0.0811. The Hall–Kier alpha value is -4.82. The van der Waals surface area contributed by atoms with E-state index in [0.717, 1.165) is 16.9 Å². The van der Waals surface area contributed by atoms with Crippen LogP contribution in [0, 0.1) is 0 Å². The smallest absolute Gasteiger partial charge is 0.159 e. The molecule has 39 heavy (non-hydrogen) atoms. The lowest BCUT2D eigenvalue weighted by atomic mass is 9.81. The van der Waals surface area contributed by atoms with E-state index >= 15 is 0 Å². The number of hydrogen-bond acceptors (Lipinski definition) is 1. The van der Waals surface area contributed by atoms with Gasteiger partial charge >= 0.3 is 0 Å². The summed E-state index contributed by atoms with van der Waals surface area (Å²) >= 11 is 0. The van der Waals surface area contributed by atoms with Crippen LogP contribution in [0.1, 0.15) is 25.0 Å². The summed E-state index contributed by atoms with van der Waals surface area (Å²) in [5, 5.41) is 8.67. The predicted octanol–water partition coefficient (Wildman–Crippen LogP) is 10.1. The molecule has 0 saturated heterocycles. The lowest BCUT2D eigenvalue weighted by Gasteiger charge is -2.20. The molecule has 9 rings (SSSR count). The third-order valence-corrected chi connectivity index (χ3v) is 8.95. The first-order valence-electron chi connectivity index (χ1n) is 13.6. The summed E-state index contributed by atoms with van der Waals surface area (Å²) in [4.78, 5) is 0. The van der Waals surface area contributed by atoms with Gasteiger partial charge in [-0.05, 0) is 33.9 Å².